The highest BCUT2D eigenvalue weighted by Gasteiger charge is 2.35. The number of thiocarbonyl (C=S) groups is 1. The second kappa shape index (κ2) is 9.49. The topological polar surface area (TPSA) is 62.7 Å². The molecule has 3 aromatic rings. The summed E-state index contributed by atoms with van der Waals surface area (Å²) in [5.74, 6) is -0.204. The van der Waals surface area contributed by atoms with Crippen LogP contribution in [0.15, 0.2) is 71.2 Å². The molecule has 0 saturated heterocycles. The number of rotatable bonds is 6. The van der Waals surface area contributed by atoms with E-state index >= 15 is 0 Å². The lowest BCUT2D eigenvalue weighted by Gasteiger charge is -2.30. The minimum atomic E-state index is -0.204. The number of nitrogens with one attached hydrogen (secondary N) is 2. The van der Waals surface area contributed by atoms with Crippen LogP contribution in [0.4, 0.5) is 10.1 Å². The third-order valence-electron chi connectivity index (χ3n) is 5.34. The van der Waals surface area contributed by atoms with Crippen molar-refractivity contribution in [1.29, 1.82) is 0 Å². The van der Waals surface area contributed by atoms with Gasteiger partial charge >= 0.3 is 0 Å². The number of benzene rings is 1. The highest BCUT2D eigenvalue weighted by molar-refractivity contribution is 7.99. The molecule has 0 aliphatic heterocycles. The van der Waals surface area contributed by atoms with E-state index in [1.165, 1.54) is 42.3 Å². The van der Waals surface area contributed by atoms with Crippen LogP contribution in [0, 0.1) is 5.82 Å². The SMILES string of the molecule is Fc1ccc(C2(CNC(=S)Nc3ccc(Sc4ncccn4)nc3)CCCC2)cc1. The molecule has 0 unspecified atom stereocenters. The second-order valence-electron chi connectivity index (χ2n) is 7.32. The summed E-state index contributed by atoms with van der Waals surface area (Å²) in [5, 5.41) is 8.57. The van der Waals surface area contributed by atoms with Gasteiger partial charge in [0.25, 0.3) is 0 Å². The summed E-state index contributed by atoms with van der Waals surface area (Å²) in [6, 6.07) is 12.5. The Morgan fingerprint density at radius 3 is 2.43 bits per heavy atom. The smallest absolute Gasteiger partial charge is 0.193 e. The van der Waals surface area contributed by atoms with E-state index in [1.54, 1.807) is 24.7 Å². The molecule has 154 valence electrons. The number of hydrogen-bond donors (Lipinski definition) is 2. The summed E-state index contributed by atoms with van der Waals surface area (Å²) < 4.78 is 13.3. The predicted octanol–water partition coefficient (Wildman–Crippen LogP) is 4.96. The molecule has 1 aliphatic carbocycles. The minimum Gasteiger partial charge on any atom is -0.362 e. The molecular weight excluding hydrogens is 417 g/mol. The van der Waals surface area contributed by atoms with Crippen LogP contribution in [0.5, 0.6) is 0 Å². The molecule has 2 heterocycles. The number of halogens is 1. The first-order valence-electron chi connectivity index (χ1n) is 9.85. The monoisotopic (exact) mass is 439 g/mol. The van der Waals surface area contributed by atoms with Crippen molar-refractivity contribution < 1.29 is 4.39 Å². The van der Waals surface area contributed by atoms with Gasteiger partial charge in [-0.1, -0.05) is 25.0 Å². The third kappa shape index (κ3) is 5.12. The van der Waals surface area contributed by atoms with Crippen LogP contribution >= 0.6 is 24.0 Å². The molecule has 1 aromatic carbocycles. The van der Waals surface area contributed by atoms with E-state index in [4.69, 9.17) is 12.2 Å². The van der Waals surface area contributed by atoms with Crippen molar-refractivity contribution in [3.05, 3.63) is 72.4 Å². The van der Waals surface area contributed by atoms with Gasteiger partial charge in [0.2, 0.25) is 0 Å². The number of nitrogens with zero attached hydrogens (tertiary/aromatic N) is 3. The average Bonchev–Trinajstić information content (AvgIpc) is 3.25. The Hall–Kier alpha value is -2.58. The highest BCUT2D eigenvalue weighted by Crippen LogP contribution is 2.40. The number of pyridine rings is 1. The zero-order chi connectivity index (χ0) is 20.8. The Balaban J connectivity index is 1.34. The first-order chi connectivity index (χ1) is 14.6. The van der Waals surface area contributed by atoms with Gasteiger partial charge in [-0.05, 0) is 72.7 Å². The Morgan fingerprint density at radius 1 is 1.03 bits per heavy atom. The van der Waals surface area contributed by atoms with Gasteiger partial charge in [-0.3, -0.25) is 0 Å². The van der Waals surface area contributed by atoms with E-state index in [0.29, 0.717) is 10.3 Å². The van der Waals surface area contributed by atoms with Crippen molar-refractivity contribution in [3.63, 3.8) is 0 Å². The summed E-state index contributed by atoms with van der Waals surface area (Å²) in [7, 11) is 0. The maximum Gasteiger partial charge on any atom is 0.193 e. The Morgan fingerprint density at radius 2 is 1.77 bits per heavy atom. The maximum absolute atomic E-state index is 13.3. The van der Waals surface area contributed by atoms with Gasteiger partial charge in [0.05, 0.1) is 11.9 Å². The molecule has 2 aromatic heterocycles. The zero-order valence-electron chi connectivity index (χ0n) is 16.3. The van der Waals surface area contributed by atoms with Gasteiger partial charge in [0.15, 0.2) is 10.3 Å². The van der Waals surface area contributed by atoms with Crippen molar-refractivity contribution in [3.8, 4) is 0 Å². The lowest BCUT2D eigenvalue weighted by molar-refractivity contribution is 0.434. The van der Waals surface area contributed by atoms with Gasteiger partial charge in [-0.15, -0.1) is 0 Å². The van der Waals surface area contributed by atoms with E-state index in [1.807, 2.05) is 24.3 Å². The quantitative estimate of drug-likeness (QED) is 0.416. The third-order valence-corrected chi connectivity index (χ3v) is 6.43. The number of hydrogen-bond acceptors (Lipinski definition) is 5. The first kappa shape index (κ1) is 20.7. The Labute approximate surface area is 185 Å². The summed E-state index contributed by atoms with van der Waals surface area (Å²) in [5.41, 5.74) is 1.98. The molecule has 1 fully saturated rings. The van der Waals surface area contributed by atoms with Crippen LogP contribution in [0.2, 0.25) is 0 Å². The van der Waals surface area contributed by atoms with Crippen molar-refractivity contribution in [2.45, 2.75) is 41.3 Å². The second-order valence-corrected chi connectivity index (χ2v) is 8.72. The van der Waals surface area contributed by atoms with Crippen molar-refractivity contribution in [2.75, 3.05) is 11.9 Å². The Bertz CT molecular complexity index is 975. The van der Waals surface area contributed by atoms with E-state index < -0.39 is 0 Å². The standard InChI is InChI=1S/C22H22FN5S2/c23-17-6-4-16(5-7-17)22(10-1-2-11-22)15-27-20(29)28-18-8-9-19(26-14-18)30-21-24-12-3-13-25-21/h3-9,12-14H,1-2,10-11,15H2,(H2,27,28,29). The fraction of sp³-hybridized carbons (Fsp3) is 0.273. The first-order valence-corrected chi connectivity index (χ1v) is 11.1. The molecular formula is C22H22FN5S2. The molecule has 0 amide bonds. The Kier molecular flexibility index (Phi) is 6.54. The molecule has 8 heteroatoms. The maximum atomic E-state index is 13.3. The molecule has 1 aliphatic rings. The van der Waals surface area contributed by atoms with Gasteiger partial charge in [-0.25, -0.2) is 19.3 Å². The number of aromatic nitrogens is 3. The highest BCUT2D eigenvalue weighted by atomic mass is 32.2. The largest absolute Gasteiger partial charge is 0.362 e. The van der Waals surface area contributed by atoms with Crippen molar-refractivity contribution in [2.24, 2.45) is 0 Å². The van der Waals surface area contributed by atoms with Gasteiger partial charge in [0, 0.05) is 24.4 Å². The predicted molar refractivity (Wildman–Crippen MR) is 121 cm³/mol. The lowest BCUT2D eigenvalue weighted by atomic mass is 9.79. The summed E-state index contributed by atoms with van der Waals surface area (Å²) >= 11 is 6.90. The summed E-state index contributed by atoms with van der Waals surface area (Å²) in [6.07, 6.45) is 9.65. The molecule has 2 N–H and O–H groups in total. The van der Waals surface area contributed by atoms with Gasteiger partial charge in [0.1, 0.15) is 10.8 Å². The molecule has 0 bridgehead atoms. The molecule has 1 saturated carbocycles. The van der Waals surface area contributed by atoms with Crippen LogP contribution < -0.4 is 10.6 Å². The van der Waals surface area contributed by atoms with Crippen LogP contribution in [-0.2, 0) is 5.41 Å². The minimum absolute atomic E-state index is 0.00608. The molecule has 30 heavy (non-hydrogen) atoms. The normalized spacial score (nSPS) is 15.0. The summed E-state index contributed by atoms with van der Waals surface area (Å²) in [6.45, 7) is 0.719. The van der Waals surface area contributed by atoms with E-state index in [9.17, 15) is 4.39 Å². The lowest BCUT2D eigenvalue weighted by Crippen LogP contribution is -2.40. The molecule has 5 nitrogen and oxygen atoms in total. The van der Waals surface area contributed by atoms with Gasteiger partial charge in [-0.2, -0.15) is 0 Å². The number of anilines is 1. The van der Waals surface area contributed by atoms with Crippen LogP contribution in [0.25, 0.3) is 0 Å². The van der Waals surface area contributed by atoms with Crippen LogP contribution in [0.1, 0.15) is 31.2 Å². The van der Waals surface area contributed by atoms with E-state index in [-0.39, 0.29) is 11.2 Å². The van der Waals surface area contributed by atoms with Crippen LogP contribution in [0.3, 0.4) is 0 Å². The van der Waals surface area contributed by atoms with E-state index in [2.05, 4.69) is 25.6 Å². The zero-order valence-corrected chi connectivity index (χ0v) is 18.0. The van der Waals surface area contributed by atoms with Crippen molar-refractivity contribution in [1.82, 2.24) is 20.3 Å². The average molecular weight is 440 g/mol. The fourth-order valence-electron chi connectivity index (χ4n) is 3.79. The molecule has 0 spiro atoms. The van der Waals surface area contributed by atoms with Gasteiger partial charge < -0.3 is 10.6 Å². The fourth-order valence-corrected chi connectivity index (χ4v) is 4.64. The molecule has 4 rings (SSSR count). The summed E-state index contributed by atoms with van der Waals surface area (Å²) in [4.78, 5) is 12.8. The van der Waals surface area contributed by atoms with Crippen molar-refractivity contribution >= 4 is 34.8 Å². The van der Waals surface area contributed by atoms with E-state index in [0.717, 1.165) is 30.1 Å². The molecule has 0 radical (unpaired) electrons. The molecule has 0 atom stereocenters. The van der Waals surface area contributed by atoms with Crippen LogP contribution in [-0.4, -0.2) is 26.6 Å².